The molecule has 71 heavy (non-hydrogen) atoms. The molecular formula is C54H69N8O8Si. The largest absolute Gasteiger partial charge is 0.464 e. The zero-order valence-corrected chi connectivity index (χ0v) is 43.7. The van der Waals surface area contributed by atoms with E-state index in [1.54, 1.807) is 24.3 Å². The summed E-state index contributed by atoms with van der Waals surface area (Å²) in [6.07, 6.45) is 6.59. The topological polar surface area (TPSA) is 168 Å². The molecule has 377 valence electrons. The smallest absolute Gasteiger partial charge is 0.323 e. The van der Waals surface area contributed by atoms with Crippen LogP contribution in [-0.4, -0.2) is 153 Å². The first-order valence-electron chi connectivity index (χ1n) is 24.9. The van der Waals surface area contributed by atoms with Gasteiger partial charge in [-0.1, -0.05) is 64.1 Å². The Morgan fingerprint density at radius 1 is 1.04 bits per heavy atom. The van der Waals surface area contributed by atoms with E-state index in [0.29, 0.717) is 45.3 Å². The fourth-order valence-corrected chi connectivity index (χ4v) is 11.0. The zero-order valence-electron chi connectivity index (χ0n) is 42.7. The quantitative estimate of drug-likeness (QED) is 0.116. The molecule has 17 heteroatoms. The van der Waals surface area contributed by atoms with E-state index in [9.17, 15) is 24.0 Å². The number of aryl methyl sites for hydroxylation is 1. The number of benzene rings is 2. The van der Waals surface area contributed by atoms with Crippen molar-refractivity contribution in [3.63, 3.8) is 0 Å². The number of cyclic esters (lactones) is 1. The van der Waals surface area contributed by atoms with Crippen molar-refractivity contribution in [1.29, 1.82) is 0 Å². The lowest BCUT2D eigenvalue weighted by Crippen LogP contribution is -2.67. The number of hydrogen-bond donors (Lipinski definition) is 2. The van der Waals surface area contributed by atoms with E-state index in [2.05, 4.69) is 76.7 Å². The summed E-state index contributed by atoms with van der Waals surface area (Å²) in [7, 11) is 9.25. The number of nitrogens with one attached hydrogen (secondary N) is 2. The van der Waals surface area contributed by atoms with Crippen molar-refractivity contribution < 1.29 is 38.2 Å². The van der Waals surface area contributed by atoms with Gasteiger partial charge in [-0.05, 0) is 99.6 Å². The normalized spacial score (nSPS) is 23.8. The van der Waals surface area contributed by atoms with Crippen molar-refractivity contribution in [2.24, 2.45) is 11.3 Å². The highest BCUT2D eigenvalue weighted by atomic mass is 28.1. The number of likely N-dealkylation sites (tertiary alicyclic amines) is 1. The molecule has 16 nitrogen and oxygen atoms in total. The zero-order chi connectivity index (χ0) is 51.0. The number of methoxy groups -OCH3 is 1. The van der Waals surface area contributed by atoms with Crippen molar-refractivity contribution in [1.82, 2.24) is 40.0 Å². The van der Waals surface area contributed by atoms with Crippen molar-refractivity contribution in [2.75, 3.05) is 60.7 Å². The molecule has 4 aliphatic heterocycles. The minimum atomic E-state index is -1.43. The number of hydrazine groups is 1. The highest BCUT2D eigenvalue weighted by molar-refractivity contribution is 6.27. The average molecular weight is 986 g/mol. The third kappa shape index (κ3) is 10.5. The van der Waals surface area contributed by atoms with Gasteiger partial charge in [-0.25, -0.2) is 5.43 Å². The lowest BCUT2D eigenvalue weighted by Gasteiger charge is -2.41. The van der Waals surface area contributed by atoms with Gasteiger partial charge in [0.05, 0.1) is 40.9 Å². The summed E-state index contributed by atoms with van der Waals surface area (Å²) in [6.45, 7) is 13.9. The molecule has 4 aliphatic rings. The van der Waals surface area contributed by atoms with Crippen molar-refractivity contribution in [3.8, 4) is 22.4 Å². The van der Waals surface area contributed by atoms with E-state index in [1.165, 1.54) is 16.0 Å². The highest BCUT2D eigenvalue weighted by Gasteiger charge is 2.56. The summed E-state index contributed by atoms with van der Waals surface area (Å²) in [5, 5.41) is 4.09. The van der Waals surface area contributed by atoms with Crippen molar-refractivity contribution >= 4 is 50.7 Å². The van der Waals surface area contributed by atoms with Crippen LogP contribution in [0.5, 0.6) is 0 Å². The molecule has 8 rings (SSSR count). The van der Waals surface area contributed by atoms with E-state index >= 15 is 0 Å². The molecule has 4 amide bonds. The predicted molar refractivity (Wildman–Crippen MR) is 271 cm³/mol. The van der Waals surface area contributed by atoms with Gasteiger partial charge < -0.3 is 38.8 Å². The number of aromatic nitrogens is 2. The van der Waals surface area contributed by atoms with Gasteiger partial charge in [0.25, 0.3) is 11.8 Å². The number of rotatable bonds is 11. The molecule has 0 unspecified atom stereocenters. The minimum absolute atomic E-state index is 0.0744. The van der Waals surface area contributed by atoms with E-state index in [4.69, 9.17) is 19.2 Å². The number of esters is 1. The number of ether oxygens (including phenoxy) is 3. The molecule has 0 saturated carbocycles. The second-order valence-corrected chi connectivity index (χ2v) is 21.9. The van der Waals surface area contributed by atoms with Crippen LogP contribution in [0.15, 0.2) is 72.9 Å². The summed E-state index contributed by atoms with van der Waals surface area (Å²) < 4.78 is 20.6. The lowest BCUT2D eigenvalue weighted by atomic mass is 9.84. The van der Waals surface area contributed by atoms with Gasteiger partial charge in [-0.15, -0.1) is 0 Å². The molecule has 3 fully saturated rings. The Kier molecular flexibility index (Phi) is 15.1. The molecule has 5 atom stereocenters. The van der Waals surface area contributed by atoms with E-state index in [1.807, 2.05) is 64.0 Å². The van der Waals surface area contributed by atoms with Gasteiger partial charge >= 0.3 is 5.97 Å². The Hall–Kier alpha value is -5.72. The molecule has 1 spiro atoms. The van der Waals surface area contributed by atoms with Gasteiger partial charge in [0, 0.05) is 80.3 Å². The minimum Gasteiger partial charge on any atom is -0.464 e. The Morgan fingerprint density at radius 3 is 2.55 bits per heavy atom. The number of hydrogen-bond acceptors (Lipinski definition) is 11. The lowest BCUT2D eigenvalue weighted by molar-refractivity contribution is -0.158. The third-order valence-electron chi connectivity index (χ3n) is 14.4. The molecule has 0 aliphatic carbocycles. The van der Waals surface area contributed by atoms with Crippen LogP contribution in [-0.2, 0) is 57.6 Å². The summed E-state index contributed by atoms with van der Waals surface area (Å²) in [4.78, 5) is 81.3. The summed E-state index contributed by atoms with van der Waals surface area (Å²) in [6, 6.07) is 16.4. The summed E-state index contributed by atoms with van der Waals surface area (Å²) >= 11 is 0. The molecular weight excluding hydrogens is 917 g/mol. The van der Waals surface area contributed by atoms with Crippen molar-refractivity contribution in [2.45, 2.75) is 109 Å². The fraction of sp³-hybridized carbons (Fsp3) is 0.519. The summed E-state index contributed by atoms with van der Waals surface area (Å²) in [5.41, 5.74) is 9.01. The Morgan fingerprint density at radius 2 is 1.82 bits per heavy atom. The van der Waals surface area contributed by atoms with E-state index < -0.39 is 46.0 Å². The standard InChI is InChI=1S/C54H69N8O8Si/c1-10-60-43-20-19-38-29-40(43)41(47(60)39-17-12-23-55-45(39)35(4)68-9)30-52(5,6)32-69-51(67)54(71)21-14-25-62(57-54)49(65)42(28-36-15-11-16-37(38)27-36)56-48(64)46(34(2)3)61-33-70-53(50(61)66)22-26-59(31-53)44(63)18-13-24-58(7)8/h11-13,15-20,23,27,29,34-35,42,46,57H,10,14,21-22,24-26,28,30-33H2,1-9H3,(H,56,64)/b18-13+/t35-,42-,46-,53+,54-/m0/s1. The summed E-state index contributed by atoms with van der Waals surface area (Å²) in [5.74, 6) is -2.47. The van der Waals surface area contributed by atoms with Crippen LogP contribution in [0.1, 0.15) is 83.7 Å². The predicted octanol–water partition coefficient (Wildman–Crippen LogP) is 5.17. The maximum atomic E-state index is 14.9. The average Bonchev–Trinajstić information content (AvgIpc) is 4.02. The first kappa shape index (κ1) is 51.6. The maximum Gasteiger partial charge on any atom is 0.323 e. The molecule has 4 aromatic rings. The number of fused-ring (bicyclic) bond motifs is 6. The first-order valence-corrected chi connectivity index (χ1v) is 25.4. The number of pyridine rings is 1. The number of nitrogens with zero attached hydrogens (tertiary/aromatic N) is 6. The van der Waals surface area contributed by atoms with Crippen LogP contribution in [0.2, 0.25) is 0 Å². The van der Waals surface area contributed by atoms with Crippen LogP contribution in [0.4, 0.5) is 0 Å². The van der Waals surface area contributed by atoms with Crippen LogP contribution in [0.3, 0.4) is 0 Å². The monoisotopic (exact) mass is 986 g/mol. The second-order valence-electron chi connectivity index (χ2n) is 21.0. The van der Waals surface area contributed by atoms with Gasteiger partial charge in [0.2, 0.25) is 11.8 Å². The van der Waals surface area contributed by atoms with Gasteiger partial charge in [0.1, 0.15) is 24.0 Å². The van der Waals surface area contributed by atoms with E-state index in [-0.39, 0.29) is 56.7 Å². The molecule has 2 aromatic carbocycles. The Labute approximate surface area is 420 Å². The molecule has 3 saturated heterocycles. The molecule has 6 heterocycles. The number of likely N-dealkylation sites (N-methyl/N-ethyl adjacent to an activating group) is 1. The first-order chi connectivity index (χ1) is 33.8. The highest BCUT2D eigenvalue weighted by Crippen LogP contribution is 2.42. The van der Waals surface area contributed by atoms with Crippen LogP contribution in [0.25, 0.3) is 33.3 Å². The molecule has 2 N–H and O–H groups in total. The van der Waals surface area contributed by atoms with E-state index in [0.717, 1.165) is 50.1 Å². The van der Waals surface area contributed by atoms with Crippen LogP contribution < -0.4 is 10.7 Å². The molecule has 2 aromatic heterocycles. The van der Waals surface area contributed by atoms with Gasteiger partial charge in [-0.3, -0.25) is 34.0 Å². The SMILES string of the molecule is CCn1c(-c2cccnc2[C@H](C)OC)c2c3cc(ccc31)-c1cccc(c1)C[C@H](NC(=O)[C@H](C(C)C)N1CO[C@@]3(CCN(C(=O)/C=C/CN(C)C)C3)C1=O)C(=O)N1CCC[C@@]([Si])(N1)C(=O)OCC(C)(C)C2. The number of carbonyl (C=O) groups is 5. The number of carbonyl (C=O) groups excluding carboxylic acids is 5. The fourth-order valence-electron chi connectivity index (χ4n) is 10.6. The molecule has 6 bridgehead atoms. The van der Waals surface area contributed by atoms with Crippen molar-refractivity contribution in [3.05, 3.63) is 89.8 Å². The Balaban J connectivity index is 1.16. The third-order valence-corrected chi connectivity index (χ3v) is 15.0. The Bertz CT molecular complexity index is 2720. The van der Waals surface area contributed by atoms with Gasteiger partial charge in [0.15, 0.2) is 5.60 Å². The second kappa shape index (κ2) is 20.8. The number of amides is 4. The molecule has 3 radical (unpaired) electrons. The van der Waals surface area contributed by atoms with Crippen LogP contribution >= 0.6 is 0 Å². The van der Waals surface area contributed by atoms with Gasteiger partial charge in [-0.2, -0.15) is 0 Å². The van der Waals surface area contributed by atoms with Crippen LogP contribution in [0, 0.1) is 11.3 Å². The maximum absolute atomic E-state index is 14.9.